The van der Waals surface area contributed by atoms with Gasteiger partial charge in [-0.3, -0.25) is 14.9 Å². The maximum absolute atomic E-state index is 12.3. The number of carbonyl (C=O) groups is 1. The Morgan fingerprint density at radius 2 is 1.92 bits per heavy atom. The first kappa shape index (κ1) is 19.4. The van der Waals surface area contributed by atoms with Crippen LogP contribution in [0.15, 0.2) is 48.5 Å². The van der Waals surface area contributed by atoms with E-state index >= 15 is 0 Å². The minimum absolute atomic E-state index is 0.0957. The number of ether oxygens (including phenoxy) is 1. The lowest BCUT2D eigenvalue weighted by Gasteiger charge is -2.19. The molecule has 2 rings (SSSR count). The van der Waals surface area contributed by atoms with Gasteiger partial charge in [-0.1, -0.05) is 43.3 Å². The van der Waals surface area contributed by atoms with Crippen LogP contribution in [0.1, 0.15) is 37.3 Å². The predicted octanol–water partition coefficient (Wildman–Crippen LogP) is 3.98. The van der Waals surface area contributed by atoms with Crippen LogP contribution in [0.4, 0.5) is 5.69 Å². The van der Waals surface area contributed by atoms with Crippen LogP contribution in [-0.4, -0.2) is 23.5 Å². The lowest BCUT2D eigenvalue weighted by atomic mass is 9.96. The van der Waals surface area contributed by atoms with Gasteiger partial charge < -0.3 is 10.1 Å². The zero-order valence-corrected chi connectivity index (χ0v) is 15.3. The molecule has 0 spiro atoms. The molecule has 0 fully saturated rings. The van der Waals surface area contributed by atoms with Crippen molar-refractivity contribution in [3.63, 3.8) is 0 Å². The van der Waals surface area contributed by atoms with Crippen molar-refractivity contribution in [2.75, 3.05) is 6.54 Å². The molecule has 2 aromatic rings. The van der Waals surface area contributed by atoms with Gasteiger partial charge in [0.2, 0.25) is 0 Å². The van der Waals surface area contributed by atoms with Gasteiger partial charge in [0.25, 0.3) is 5.91 Å². The third kappa shape index (κ3) is 5.05. The third-order valence-electron chi connectivity index (χ3n) is 4.27. The average molecular weight is 356 g/mol. The molecule has 6 nitrogen and oxygen atoms in total. The number of nitrogens with zero attached hydrogens (tertiary/aromatic N) is 1. The Morgan fingerprint density at radius 1 is 1.23 bits per heavy atom. The SMILES string of the molecule is CC[C@H](CNC(=O)[C@@H](C)Oc1ccc(C)cc1[N+](=O)[O-])c1ccccc1. The van der Waals surface area contributed by atoms with Crippen molar-refractivity contribution in [1.29, 1.82) is 0 Å². The first-order chi connectivity index (χ1) is 12.4. The molecule has 26 heavy (non-hydrogen) atoms. The molecule has 2 aromatic carbocycles. The van der Waals surface area contributed by atoms with Crippen molar-refractivity contribution in [2.24, 2.45) is 0 Å². The summed E-state index contributed by atoms with van der Waals surface area (Å²) in [6, 6.07) is 14.7. The smallest absolute Gasteiger partial charge is 0.311 e. The second-order valence-electron chi connectivity index (χ2n) is 6.25. The number of benzene rings is 2. The predicted molar refractivity (Wildman–Crippen MR) is 100 cm³/mol. The Morgan fingerprint density at radius 3 is 2.54 bits per heavy atom. The van der Waals surface area contributed by atoms with Crippen LogP contribution < -0.4 is 10.1 Å². The molecule has 0 saturated carbocycles. The summed E-state index contributed by atoms with van der Waals surface area (Å²) in [4.78, 5) is 23.0. The Labute approximate surface area is 153 Å². The molecule has 1 N–H and O–H groups in total. The van der Waals surface area contributed by atoms with E-state index in [9.17, 15) is 14.9 Å². The minimum Gasteiger partial charge on any atom is -0.474 e. The van der Waals surface area contributed by atoms with Crippen molar-refractivity contribution in [1.82, 2.24) is 5.32 Å². The summed E-state index contributed by atoms with van der Waals surface area (Å²) in [5.74, 6) is 0.00802. The number of hydrogen-bond donors (Lipinski definition) is 1. The Balaban J connectivity index is 1.99. The van der Waals surface area contributed by atoms with E-state index in [1.165, 1.54) is 12.1 Å². The summed E-state index contributed by atoms with van der Waals surface area (Å²) in [5, 5.41) is 14.0. The van der Waals surface area contributed by atoms with Crippen LogP contribution in [0.2, 0.25) is 0 Å². The summed E-state index contributed by atoms with van der Waals surface area (Å²) >= 11 is 0. The molecule has 138 valence electrons. The van der Waals surface area contributed by atoms with E-state index in [4.69, 9.17) is 4.74 Å². The highest BCUT2D eigenvalue weighted by molar-refractivity contribution is 5.80. The van der Waals surface area contributed by atoms with E-state index in [2.05, 4.69) is 12.2 Å². The topological polar surface area (TPSA) is 81.5 Å². The number of amides is 1. The van der Waals surface area contributed by atoms with E-state index in [-0.39, 0.29) is 23.3 Å². The lowest BCUT2D eigenvalue weighted by molar-refractivity contribution is -0.386. The van der Waals surface area contributed by atoms with Crippen molar-refractivity contribution in [3.8, 4) is 5.75 Å². The first-order valence-electron chi connectivity index (χ1n) is 8.66. The monoisotopic (exact) mass is 356 g/mol. The molecule has 0 saturated heterocycles. The van der Waals surface area contributed by atoms with Crippen LogP contribution in [-0.2, 0) is 4.79 Å². The summed E-state index contributed by atoms with van der Waals surface area (Å²) in [6.45, 7) is 5.91. The fourth-order valence-corrected chi connectivity index (χ4v) is 2.70. The van der Waals surface area contributed by atoms with Gasteiger partial charge in [-0.25, -0.2) is 0 Å². The summed E-state index contributed by atoms with van der Waals surface area (Å²) in [5.41, 5.74) is 1.79. The van der Waals surface area contributed by atoms with Crippen LogP contribution >= 0.6 is 0 Å². The number of nitro benzene ring substituents is 1. The Bertz CT molecular complexity index is 762. The van der Waals surface area contributed by atoms with Gasteiger partial charge in [-0.15, -0.1) is 0 Å². The van der Waals surface area contributed by atoms with Crippen molar-refractivity contribution in [3.05, 3.63) is 69.8 Å². The van der Waals surface area contributed by atoms with E-state index < -0.39 is 11.0 Å². The highest BCUT2D eigenvalue weighted by Gasteiger charge is 2.22. The highest BCUT2D eigenvalue weighted by Crippen LogP contribution is 2.28. The quantitative estimate of drug-likeness (QED) is 0.573. The highest BCUT2D eigenvalue weighted by atomic mass is 16.6. The second-order valence-corrected chi connectivity index (χ2v) is 6.25. The average Bonchev–Trinajstić information content (AvgIpc) is 2.64. The zero-order valence-electron chi connectivity index (χ0n) is 15.3. The maximum atomic E-state index is 12.3. The molecular weight excluding hydrogens is 332 g/mol. The molecule has 0 unspecified atom stereocenters. The van der Waals surface area contributed by atoms with Crippen molar-refractivity contribution in [2.45, 2.75) is 39.2 Å². The van der Waals surface area contributed by atoms with Crippen LogP contribution in [0.5, 0.6) is 5.75 Å². The molecule has 0 aromatic heterocycles. The maximum Gasteiger partial charge on any atom is 0.311 e. The minimum atomic E-state index is -0.829. The number of nitro groups is 1. The van der Waals surface area contributed by atoms with Crippen molar-refractivity contribution >= 4 is 11.6 Å². The molecule has 6 heteroatoms. The van der Waals surface area contributed by atoms with Gasteiger partial charge in [0, 0.05) is 18.5 Å². The van der Waals surface area contributed by atoms with Crippen LogP contribution in [0.25, 0.3) is 0 Å². The fourth-order valence-electron chi connectivity index (χ4n) is 2.70. The zero-order chi connectivity index (χ0) is 19.1. The standard InChI is InChI=1S/C20H24N2O4/c1-4-16(17-8-6-5-7-9-17)13-21-20(23)15(3)26-19-11-10-14(2)12-18(19)22(24)25/h5-12,15-16H,4,13H2,1-3H3,(H,21,23)/t15-,16-/m1/s1. The fraction of sp³-hybridized carbons (Fsp3) is 0.350. The second kappa shape index (κ2) is 8.99. The largest absolute Gasteiger partial charge is 0.474 e. The lowest BCUT2D eigenvalue weighted by Crippen LogP contribution is -2.38. The van der Waals surface area contributed by atoms with E-state index in [1.807, 2.05) is 30.3 Å². The molecular formula is C20H24N2O4. The molecule has 0 heterocycles. The van der Waals surface area contributed by atoms with E-state index in [1.54, 1.807) is 19.9 Å². The number of hydrogen-bond acceptors (Lipinski definition) is 4. The van der Waals surface area contributed by atoms with Crippen LogP contribution in [0, 0.1) is 17.0 Å². The normalized spacial score (nSPS) is 12.9. The third-order valence-corrected chi connectivity index (χ3v) is 4.27. The van der Waals surface area contributed by atoms with Gasteiger partial charge >= 0.3 is 5.69 Å². The summed E-state index contributed by atoms with van der Waals surface area (Å²) < 4.78 is 5.54. The van der Waals surface area contributed by atoms with E-state index in [0.717, 1.165) is 17.5 Å². The molecule has 2 atom stereocenters. The van der Waals surface area contributed by atoms with E-state index in [0.29, 0.717) is 6.54 Å². The molecule has 0 bridgehead atoms. The summed E-state index contributed by atoms with van der Waals surface area (Å²) in [7, 11) is 0. The molecule has 1 amide bonds. The van der Waals surface area contributed by atoms with Gasteiger partial charge in [-0.05, 0) is 37.5 Å². The van der Waals surface area contributed by atoms with Gasteiger partial charge in [-0.2, -0.15) is 0 Å². The first-order valence-corrected chi connectivity index (χ1v) is 8.66. The Kier molecular flexibility index (Phi) is 6.72. The molecule has 0 aliphatic heterocycles. The number of nitrogens with one attached hydrogen (secondary N) is 1. The molecule has 0 radical (unpaired) electrons. The van der Waals surface area contributed by atoms with Gasteiger partial charge in [0.1, 0.15) is 0 Å². The summed E-state index contributed by atoms with van der Waals surface area (Å²) in [6.07, 6.45) is 0.0628. The number of rotatable bonds is 8. The molecule has 0 aliphatic rings. The van der Waals surface area contributed by atoms with Gasteiger partial charge in [0.15, 0.2) is 11.9 Å². The number of carbonyl (C=O) groups excluding carboxylic acids is 1. The Hall–Kier alpha value is -2.89. The number of aryl methyl sites for hydroxylation is 1. The van der Waals surface area contributed by atoms with Crippen molar-refractivity contribution < 1.29 is 14.5 Å². The molecule has 0 aliphatic carbocycles. The van der Waals surface area contributed by atoms with Crippen LogP contribution in [0.3, 0.4) is 0 Å². The van der Waals surface area contributed by atoms with Gasteiger partial charge in [0.05, 0.1) is 4.92 Å².